The number of amides is 1. The van der Waals surface area contributed by atoms with E-state index in [9.17, 15) is 18.0 Å². The van der Waals surface area contributed by atoms with Gasteiger partial charge in [0.15, 0.2) is 0 Å². The molecule has 160 valence electrons. The first-order valence-corrected chi connectivity index (χ1v) is 9.92. The van der Waals surface area contributed by atoms with Crippen LogP contribution in [0.2, 0.25) is 5.02 Å². The number of allylic oxidation sites excluding steroid dienone is 1. The predicted molar refractivity (Wildman–Crippen MR) is 110 cm³/mol. The molecule has 4 nitrogen and oxygen atoms in total. The van der Waals surface area contributed by atoms with Crippen LogP contribution in [0.5, 0.6) is 0 Å². The van der Waals surface area contributed by atoms with Crippen LogP contribution in [0.3, 0.4) is 0 Å². The van der Waals surface area contributed by atoms with Crippen LogP contribution in [0.1, 0.15) is 17.2 Å². The maximum atomic E-state index is 13.5. The van der Waals surface area contributed by atoms with Crippen molar-refractivity contribution in [1.29, 1.82) is 0 Å². The van der Waals surface area contributed by atoms with Gasteiger partial charge in [-0.05, 0) is 23.3 Å². The maximum absolute atomic E-state index is 13.5. The lowest BCUT2D eigenvalue weighted by Gasteiger charge is -2.34. The SMILES string of the molecule is O=C(/C=C(/c1ccccc1)C(F)(F)F)NCC(c1ccc(Cl)cc1)N1CCOCC1. The average molecular weight is 439 g/mol. The Bertz CT molecular complexity index is 864. The van der Waals surface area contributed by atoms with E-state index in [1.54, 1.807) is 18.2 Å². The molecule has 2 aromatic rings. The third-order valence-electron chi connectivity index (χ3n) is 4.88. The lowest BCUT2D eigenvalue weighted by atomic mass is 10.0. The highest BCUT2D eigenvalue weighted by atomic mass is 35.5. The molecule has 1 unspecified atom stereocenters. The Hall–Kier alpha value is -2.35. The minimum Gasteiger partial charge on any atom is -0.379 e. The number of morpholine rings is 1. The van der Waals surface area contributed by atoms with E-state index in [1.165, 1.54) is 24.3 Å². The molecule has 8 heteroatoms. The number of hydrogen-bond donors (Lipinski definition) is 1. The summed E-state index contributed by atoms with van der Waals surface area (Å²) in [6.45, 7) is 2.61. The molecule has 0 saturated carbocycles. The standard InChI is InChI=1S/C22H22ClF3N2O2/c23-18-8-6-17(7-9-18)20(28-10-12-30-13-11-28)15-27-21(29)14-19(22(24,25)26)16-4-2-1-3-5-16/h1-9,14,20H,10-13,15H2,(H,27,29)/b19-14-. The monoisotopic (exact) mass is 438 g/mol. The fraction of sp³-hybridized carbons (Fsp3) is 0.318. The van der Waals surface area contributed by atoms with Gasteiger partial charge in [-0.3, -0.25) is 9.69 Å². The molecule has 1 aliphatic heterocycles. The lowest BCUT2D eigenvalue weighted by molar-refractivity contribution is -0.117. The highest BCUT2D eigenvalue weighted by Crippen LogP contribution is 2.33. The van der Waals surface area contributed by atoms with E-state index in [-0.39, 0.29) is 18.2 Å². The normalized spacial score (nSPS) is 16.9. The lowest BCUT2D eigenvalue weighted by Crippen LogP contribution is -2.43. The topological polar surface area (TPSA) is 41.6 Å². The van der Waals surface area contributed by atoms with Crippen molar-refractivity contribution in [2.24, 2.45) is 0 Å². The summed E-state index contributed by atoms with van der Waals surface area (Å²) in [7, 11) is 0. The van der Waals surface area contributed by atoms with Gasteiger partial charge in [0.2, 0.25) is 5.91 Å². The summed E-state index contributed by atoms with van der Waals surface area (Å²) in [4.78, 5) is 14.5. The van der Waals surface area contributed by atoms with E-state index >= 15 is 0 Å². The molecule has 1 aliphatic rings. The molecule has 2 aromatic carbocycles. The smallest absolute Gasteiger partial charge is 0.379 e. The molecule has 1 heterocycles. The highest BCUT2D eigenvalue weighted by Gasteiger charge is 2.35. The average Bonchev–Trinajstić information content (AvgIpc) is 2.74. The van der Waals surface area contributed by atoms with Crippen LogP contribution in [-0.4, -0.2) is 49.8 Å². The highest BCUT2D eigenvalue weighted by molar-refractivity contribution is 6.30. The van der Waals surface area contributed by atoms with Gasteiger partial charge < -0.3 is 10.1 Å². The number of nitrogens with zero attached hydrogens (tertiary/aromatic N) is 1. The molecule has 1 fully saturated rings. The van der Waals surface area contributed by atoms with E-state index in [2.05, 4.69) is 10.2 Å². The molecule has 0 aliphatic carbocycles. The second kappa shape index (κ2) is 10.1. The van der Waals surface area contributed by atoms with Crippen molar-refractivity contribution in [3.05, 3.63) is 76.8 Å². The van der Waals surface area contributed by atoms with Crippen LogP contribution in [0, 0.1) is 0 Å². The van der Waals surface area contributed by atoms with Crippen LogP contribution < -0.4 is 5.32 Å². The van der Waals surface area contributed by atoms with Crippen molar-refractivity contribution in [3.63, 3.8) is 0 Å². The molecular formula is C22H22ClF3N2O2. The molecule has 3 rings (SSSR count). The van der Waals surface area contributed by atoms with E-state index < -0.39 is 17.7 Å². The Balaban J connectivity index is 1.77. The summed E-state index contributed by atoms with van der Waals surface area (Å²) in [5.41, 5.74) is -0.109. The Labute approximate surface area is 178 Å². The summed E-state index contributed by atoms with van der Waals surface area (Å²) in [6, 6.07) is 14.3. The van der Waals surface area contributed by atoms with E-state index in [0.29, 0.717) is 37.4 Å². The van der Waals surface area contributed by atoms with Gasteiger partial charge in [0.1, 0.15) is 0 Å². The second-order valence-electron chi connectivity index (χ2n) is 6.88. The quantitative estimate of drug-likeness (QED) is 0.676. The van der Waals surface area contributed by atoms with Crippen molar-refractivity contribution in [2.45, 2.75) is 12.2 Å². The zero-order valence-electron chi connectivity index (χ0n) is 16.2. The Kier molecular flexibility index (Phi) is 7.53. The zero-order valence-corrected chi connectivity index (χ0v) is 16.9. The Morgan fingerprint density at radius 1 is 1.10 bits per heavy atom. The summed E-state index contributed by atoms with van der Waals surface area (Å²) < 4.78 is 45.8. The number of carbonyl (C=O) groups excluding carboxylic acids is 1. The van der Waals surface area contributed by atoms with Crippen molar-refractivity contribution >= 4 is 23.1 Å². The minimum absolute atomic E-state index is 0.0532. The number of alkyl halides is 3. The van der Waals surface area contributed by atoms with Gasteiger partial charge in [-0.2, -0.15) is 13.2 Å². The summed E-state index contributed by atoms with van der Waals surface area (Å²) in [5, 5.41) is 3.22. The van der Waals surface area contributed by atoms with Gasteiger partial charge in [0.05, 0.1) is 24.8 Å². The largest absolute Gasteiger partial charge is 0.417 e. The second-order valence-corrected chi connectivity index (χ2v) is 7.32. The molecule has 1 saturated heterocycles. The van der Waals surface area contributed by atoms with Crippen LogP contribution >= 0.6 is 11.6 Å². The summed E-state index contributed by atoms with van der Waals surface area (Å²) in [6.07, 6.45) is -4.02. The number of rotatable bonds is 6. The first kappa shape index (κ1) is 22.3. The molecule has 0 bridgehead atoms. The van der Waals surface area contributed by atoms with E-state index in [1.807, 2.05) is 12.1 Å². The third-order valence-corrected chi connectivity index (χ3v) is 5.13. The molecule has 30 heavy (non-hydrogen) atoms. The van der Waals surface area contributed by atoms with Gasteiger partial charge in [0, 0.05) is 30.7 Å². The molecule has 1 N–H and O–H groups in total. The molecule has 1 amide bonds. The van der Waals surface area contributed by atoms with Crippen LogP contribution in [0.15, 0.2) is 60.7 Å². The van der Waals surface area contributed by atoms with E-state index in [4.69, 9.17) is 16.3 Å². The van der Waals surface area contributed by atoms with Gasteiger partial charge in [0.25, 0.3) is 0 Å². The number of hydrogen-bond acceptors (Lipinski definition) is 3. The first-order valence-electron chi connectivity index (χ1n) is 9.54. The van der Waals surface area contributed by atoms with Gasteiger partial charge in [-0.15, -0.1) is 0 Å². The predicted octanol–water partition coefficient (Wildman–Crippen LogP) is 4.48. The number of carbonyl (C=O) groups is 1. The molecule has 0 spiro atoms. The van der Waals surface area contributed by atoms with Crippen molar-refractivity contribution in [2.75, 3.05) is 32.8 Å². The number of benzene rings is 2. The van der Waals surface area contributed by atoms with Crippen molar-refractivity contribution in [3.8, 4) is 0 Å². The number of ether oxygens (including phenoxy) is 1. The van der Waals surface area contributed by atoms with Gasteiger partial charge in [-0.1, -0.05) is 54.1 Å². The van der Waals surface area contributed by atoms with Crippen molar-refractivity contribution in [1.82, 2.24) is 10.2 Å². The van der Waals surface area contributed by atoms with Crippen LogP contribution in [0.25, 0.3) is 5.57 Å². The number of halogens is 4. The van der Waals surface area contributed by atoms with Crippen molar-refractivity contribution < 1.29 is 22.7 Å². The van der Waals surface area contributed by atoms with E-state index in [0.717, 1.165) is 5.56 Å². The maximum Gasteiger partial charge on any atom is 0.417 e. The zero-order chi connectivity index (χ0) is 21.6. The molecule has 1 atom stereocenters. The summed E-state index contributed by atoms with van der Waals surface area (Å²) in [5.74, 6) is -0.793. The first-order chi connectivity index (χ1) is 14.3. The van der Waals surface area contributed by atoms with Gasteiger partial charge >= 0.3 is 6.18 Å². The molecular weight excluding hydrogens is 417 g/mol. The number of nitrogens with one attached hydrogen (secondary N) is 1. The minimum atomic E-state index is -4.64. The molecule has 0 radical (unpaired) electrons. The molecule has 0 aromatic heterocycles. The fourth-order valence-corrected chi connectivity index (χ4v) is 3.48. The third kappa shape index (κ3) is 6.08. The van der Waals surface area contributed by atoms with Crippen LogP contribution in [-0.2, 0) is 9.53 Å². The Morgan fingerprint density at radius 2 is 1.73 bits per heavy atom. The summed E-state index contributed by atoms with van der Waals surface area (Å²) >= 11 is 5.97. The Morgan fingerprint density at radius 3 is 2.33 bits per heavy atom. The van der Waals surface area contributed by atoms with Gasteiger partial charge in [-0.25, -0.2) is 0 Å². The fourth-order valence-electron chi connectivity index (χ4n) is 3.36. The van der Waals surface area contributed by atoms with Crippen LogP contribution in [0.4, 0.5) is 13.2 Å².